The lowest BCUT2D eigenvalue weighted by Gasteiger charge is -2.30. The van der Waals surface area contributed by atoms with E-state index < -0.39 is 20.0 Å². The van der Waals surface area contributed by atoms with E-state index in [1.54, 1.807) is 0 Å². The first kappa shape index (κ1) is 74.9. The molecular formula is C68H127N2O6P. The predicted molar refractivity (Wildman–Crippen MR) is 334 cm³/mol. The minimum Gasteiger partial charge on any atom is -0.756 e. The van der Waals surface area contributed by atoms with Crippen molar-refractivity contribution < 1.29 is 32.9 Å². The number of quaternary nitrogens is 1. The van der Waals surface area contributed by atoms with Gasteiger partial charge in [0.2, 0.25) is 5.91 Å². The fraction of sp³-hybridized carbons (Fsp3) is 0.809. The summed E-state index contributed by atoms with van der Waals surface area (Å²) in [5.74, 6) is -0.161. The zero-order valence-electron chi connectivity index (χ0n) is 51.4. The van der Waals surface area contributed by atoms with Gasteiger partial charge in [-0.15, -0.1) is 0 Å². The van der Waals surface area contributed by atoms with Crippen molar-refractivity contribution in [2.75, 3.05) is 40.9 Å². The average Bonchev–Trinajstić information content (AvgIpc) is 3.39. The van der Waals surface area contributed by atoms with E-state index in [9.17, 15) is 19.4 Å². The van der Waals surface area contributed by atoms with Crippen LogP contribution >= 0.6 is 7.82 Å². The Labute approximate surface area is 478 Å². The highest BCUT2D eigenvalue weighted by atomic mass is 31.2. The van der Waals surface area contributed by atoms with Crippen LogP contribution in [0.1, 0.15) is 303 Å². The number of phosphoric acid groups is 1. The number of aliphatic hydroxyl groups excluding tert-OH is 1. The standard InChI is InChI=1S/C68H127N2O6P/c1-6-8-10-12-14-16-18-20-22-23-24-25-26-27-28-29-30-31-32-33-34-35-36-37-38-39-40-41-42-43-44-45-46-47-48-50-52-54-56-58-60-62-68(72)69-66(65-76-77(73,74)75-64-63-70(3,4)5)67(71)61-59-57-55-53-51-49-21-19-17-15-13-11-9-7-2/h8,10,14,16,20,22,24-25,27-28,30-31,66-67,71H,6-7,9,11-13,15,17-19,21,23,26,29,32-65H2,1-5H3,(H-,69,72,73,74)/b10-8-,16-14-,22-20-,25-24-,28-27-,31-30-. The lowest BCUT2D eigenvalue weighted by atomic mass is 10.0. The molecule has 77 heavy (non-hydrogen) atoms. The van der Waals surface area contributed by atoms with E-state index in [0.29, 0.717) is 23.9 Å². The van der Waals surface area contributed by atoms with Crippen molar-refractivity contribution in [1.82, 2.24) is 5.32 Å². The Hall–Kier alpha value is -2.06. The monoisotopic (exact) mass is 1100 g/mol. The highest BCUT2D eigenvalue weighted by Crippen LogP contribution is 2.38. The SMILES string of the molecule is CC/C=C\C/C=C\C/C=C\C/C=C\C/C=C\C/C=C\CCCCCCCCCCCCCCCCCCCCCCCCC(=O)NC(COP(=O)([O-])OCC[N+](C)(C)C)C(O)CCCCCCCCCCCCCCCC. The Bertz CT molecular complexity index is 1480. The summed E-state index contributed by atoms with van der Waals surface area (Å²) in [6, 6.07) is -0.800. The molecule has 1 amide bonds. The first-order chi connectivity index (χ1) is 37.5. The average molecular weight is 1100 g/mol. The summed E-state index contributed by atoms with van der Waals surface area (Å²) in [7, 11) is 1.31. The Balaban J connectivity index is 3.88. The molecule has 0 aliphatic rings. The van der Waals surface area contributed by atoms with Crippen LogP contribution in [0.25, 0.3) is 0 Å². The summed E-state index contributed by atoms with van der Waals surface area (Å²) in [4.78, 5) is 25.5. The molecule has 0 rings (SSSR count). The van der Waals surface area contributed by atoms with Gasteiger partial charge in [0.1, 0.15) is 13.2 Å². The molecule has 450 valence electrons. The maximum atomic E-state index is 13.0. The zero-order valence-corrected chi connectivity index (χ0v) is 52.3. The molecule has 3 atom stereocenters. The zero-order chi connectivity index (χ0) is 56.3. The van der Waals surface area contributed by atoms with Gasteiger partial charge in [0, 0.05) is 6.42 Å². The summed E-state index contributed by atoms with van der Waals surface area (Å²) in [6.45, 7) is 4.63. The first-order valence-electron chi connectivity index (χ1n) is 32.8. The fourth-order valence-electron chi connectivity index (χ4n) is 9.64. The van der Waals surface area contributed by atoms with E-state index >= 15 is 0 Å². The van der Waals surface area contributed by atoms with Crippen LogP contribution in [0.5, 0.6) is 0 Å². The second-order valence-corrected chi connectivity index (χ2v) is 24.9. The molecule has 0 aromatic heterocycles. The van der Waals surface area contributed by atoms with Crippen LogP contribution in [-0.4, -0.2) is 68.5 Å². The van der Waals surface area contributed by atoms with E-state index in [-0.39, 0.29) is 19.1 Å². The number of nitrogens with zero attached hydrogens (tertiary/aromatic N) is 1. The maximum absolute atomic E-state index is 13.0. The third-order valence-corrected chi connectivity index (χ3v) is 15.7. The Morgan fingerprint density at radius 3 is 1.16 bits per heavy atom. The number of hydrogen-bond acceptors (Lipinski definition) is 6. The van der Waals surface area contributed by atoms with Gasteiger partial charge in [-0.25, -0.2) is 0 Å². The molecule has 0 aromatic carbocycles. The predicted octanol–water partition coefficient (Wildman–Crippen LogP) is 20.0. The number of carbonyl (C=O) groups excluding carboxylic acids is 1. The van der Waals surface area contributed by atoms with Crippen molar-refractivity contribution in [3.05, 3.63) is 72.9 Å². The second kappa shape index (κ2) is 58.6. The lowest BCUT2D eigenvalue weighted by molar-refractivity contribution is -0.870. The van der Waals surface area contributed by atoms with Gasteiger partial charge >= 0.3 is 0 Å². The second-order valence-electron chi connectivity index (χ2n) is 23.4. The van der Waals surface area contributed by atoms with Crippen LogP contribution in [0.3, 0.4) is 0 Å². The summed E-state index contributed by atoms with van der Waals surface area (Å²) in [5.41, 5.74) is 0. The van der Waals surface area contributed by atoms with Gasteiger partial charge in [-0.1, -0.05) is 305 Å². The number of likely N-dealkylation sites (N-methyl/N-ethyl adjacent to an activating group) is 1. The maximum Gasteiger partial charge on any atom is 0.268 e. The van der Waals surface area contributed by atoms with Crippen LogP contribution in [0.4, 0.5) is 0 Å². The van der Waals surface area contributed by atoms with E-state index in [1.807, 2.05) is 21.1 Å². The summed E-state index contributed by atoms with van der Waals surface area (Å²) in [6.07, 6.45) is 81.2. The van der Waals surface area contributed by atoms with Gasteiger partial charge in [-0.2, -0.15) is 0 Å². The molecule has 2 N–H and O–H groups in total. The van der Waals surface area contributed by atoms with Crippen molar-refractivity contribution in [2.24, 2.45) is 0 Å². The van der Waals surface area contributed by atoms with Crippen LogP contribution in [0.2, 0.25) is 0 Å². The number of rotatable bonds is 60. The molecule has 0 aliphatic heterocycles. The minimum absolute atomic E-state index is 0.0128. The number of hydrogen-bond donors (Lipinski definition) is 2. The molecule has 0 aliphatic carbocycles. The van der Waals surface area contributed by atoms with Gasteiger partial charge in [-0.05, 0) is 64.2 Å². The summed E-state index contributed by atoms with van der Waals surface area (Å²) >= 11 is 0. The Morgan fingerprint density at radius 1 is 0.468 bits per heavy atom. The third-order valence-electron chi connectivity index (χ3n) is 14.7. The quantitative estimate of drug-likeness (QED) is 0.0272. The summed E-state index contributed by atoms with van der Waals surface area (Å²) < 4.78 is 23.4. The van der Waals surface area contributed by atoms with Crippen molar-refractivity contribution in [2.45, 2.75) is 315 Å². The first-order valence-corrected chi connectivity index (χ1v) is 34.2. The van der Waals surface area contributed by atoms with Crippen LogP contribution in [0, 0.1) is 0 Å². The number of allylic oxidation sites excluding steroid dienone is 12. The molecule has 0 saturated carbocycles. The lowest BCUT2D eigenvalue weighted by Crippen LogP contribution is -2.46. The van der Waals surface area contributed by atoms with Crippen molar-refractivity contribution in [3.63, 3.8) is 0 Å². The van der Waals surface area contributed by atoms with Crippen LogP contribution < -0.4 is 10.2 Å². The Morgan fingerprint density at radius 2 is 0.792 bits per heavy atom. The third kappa shape index (κ3) is 61.4. The van der Waals surface area contributed by atoms with E-state index in [0.717, 1.165) is 77.0 Å². The molecule has 0 spiro atoms. The highest BCUT2D eigenvalue weighted by molar-refractivity contribution is 7.45. The van der Waals surface area contributed by atoms with Gasteiger partial charge in [-0.3, -0.25) is 9.36 Å². The van der Waals surface area contributed by atoms with Gasteiger partial charge in [0.25, 0.3) is 7.82 Å². The minimum atomic E-state index is -4.57. The molecule has 9 heteroatoms. The van der Waals surface area contributed by atoms with Crippen LogP contribution in [0.15, 0.2) is 72.9 Å². The number of unbranched alkanes of at least 4 members (excludes halogenated alkanes) is 35. The molecule has 8 nitrogen and oxygen atoms in total. The molecular weight excluding hydrogens is 972 g/mol. The number of amides is 1. The Kier molecular flexibility index (Phi) is 57.0. The largest absolute Gasteiger partial charge is 0.756 e. The van der Waals surface area contributed by atoms with Crippen LogP contribution in [-0.2, 0) is 18.4 Å². The molecule has 0 heterocycles. The normalized spacial score (nSPS) is 14.2. The van der Waals surface area contributed by atoms with E-state index in [1.165, 1.54) is 199 Å². The highest BCUT2D eigenvalue weighted by Gasteiger charge is 2.24. The number of nitrogens with one attached hydrogen (secondary N) is 1. The molecule has 0 bridgehead atoms. The fourth-order valence-corrected chi connectivity index (χ4v) is 10.4. The van der Waals surface area contributed by atoms with Crippen molar-refractivity contribution in [3.8, 4) is 0 Å². The topological polar surface area (TPSA) is 108 Å². The van der Waals surface area contributed by atoms with Gasteiger partial charge in [0.15, 0.2) is 0 Å². The van der Waals surface area contributed by atoms with E-state index in [4.69, 9.17) is 9.05 Å². The smallest absolute Gasteiger partial charge is 0.268 e. The van der Waals surface area contributed by atoms with E-state index in [2.05, 4.69) is 92.1 Å². The molecule has 0 saturated heterocycles. The summed E-state index contributed by atoms with van der Waals surface area (Å²) in [5, 5.41) is 14.0. The number of carbonyl (C=O) groups is 1. The van der Waals surface area contributed by atoms with Gasteiger partial charge < -0.3 is 28.8 Å². The number of phosphoric ester groups is 1. The molecule has 0 fully saturated rings. The van der Waals surface area contributed by atoms with Crippen molar-refractivity contribution in [1.29, 1.82) is 0 Å². The number of aliphatic hydroxyl groups is 1. The molecule has 0 radical (unpaired) electrons. The molecule has 3 unspecified atom stereocenters. The molecule has 0 aromatic rings. The van der Waals surface area contributed by atoms with Gasteiger partial charge in [0.05, 0.1) is 39.9 Å². The van der Waals surface area contributed by atoms with Crippen molar-refractivity contribution >= 4 is 13.7 Å².